The summed E-state index contributed by atoms with van der Waals surface area (Å²) in [5, 5.41) is 21.8. The normalized spacial score (nSPS) is 41.3. The zero-order valence-corrected chi connectivity index (χ0v) is 30.1. The molecule has 4 heterocycles. The molecule has 4 aliphatic rings. The second-order valence-electron chi connectivity index (χ2n) is 16.1. The van der Waals surface area contributed by atoms with Crippen molar-refractivity contribution in [1.29, 1.82) is 0 Å². The van der Waals surface area contributed by atoms with Crippen LogP contribution in [0.5, 0.6) is 0 Å². The first-order chi connectivity index (χ1) is 21.5. The third-order valence-electron chi connectivity index (χ3n) is 14.0. The van der Waals surface area contributed by atoms with Gasteiger partial charge in [0.2, 0.25) is 0 Å². The van der Waals surface area contributed by atoms with Crippen LogP contribution in [-0.4, -0.2) is 92.6 Å². The van der Waals surface area contributed by atoms with Crippen LogP contribution in [0.4, 0.5) is 0 Å². The summed E-state index contributed by atoms with van der Waals surface area (Å²) in [6, 6.07) is 3.58. The van der Waals surface area contributed by atoms with E-state index in [4.69, 9.17) is 9.47 Å². The summed E-state index contributed by atoms with van der Waals surface area (Å²) in [4.78, 5) is 31.9. The van der Waals surface area contributed by atoms with Gasteiger partial charge in [-0.25, -0.2) is 9.59 Å². The van der Waals surface area contributed by atoms with Crippen LogP contribution >= 0.6 is 0 Å². The fourth-order valence-corrected chi connectivity index (χ4v) is 9.91. The first-order valence-corrected chi connectivity index (χ1v) is 18.0. The van der Waals surface area contributed by atoms with Gasteiger partial charge in [-0.1, -0.05) is 47.6 Å². The van der Waals surface area contributed by atoms with Crippen LogP contribution in [0.1, 0.15) is 151 Å². The Morgan fingerprint density at radius 1 is 0.739 bits per heavy atom. The van der Waals surface area contributed by atoms with Gasteiger partial charge in [0.1, 0.15) is 0 Å². The highest BCUT2D eigenvalue weighted by Crippen LogP contribution is 2.56. The fourth-order valence-electron chi connectivity index (χ4n) is 9.91. The second-order valence-corrected chi connectivity index (χ2v) is 16.1. The first kappa shape index (κ1) is 35.3. The molecule has 5 rings (SSSR count). The molecule has 4 fully saturated rings. The third-order valence-corrected chi connectivity index (χ3v) is 14.0. The molecule has 8 heteroatoms. The number of hydrogen-bond acceptors (Lipinski definition) is 6. The van der Waals surface area contributed by atoms with Gasteiger partial charge in [-0.3, -0.25) is 9.80 Å². The lowest BCUT2D eigenvalue weighted by Crippen LogP contribution is -2.67. The summed E-state index contributed by atoms with van der Waals surface area (Å²) in [6.45, 7) is 26.0. The number of piperidine rings is 2. The second kappa shape index (κ2) is 12.5. The van der Waals surface area contributed by atoms with Crippen LogP contribution in [0.3, 0.4) is 0 Å². The molecule has 10 unspecified atom stereocenters. The molecule has 4 aliphatic heterocycles. The largest absolute Gasteiger partial charge is 0.478 e. The molecule has 1 aromatic rings. The van der Waals surface area contributed by atoms with Gasteiger partial charge in [0, 0.05) is 35.2 Å². The van der Waals surface area contributed by atoms with E-state index >= 15 is 0 Å². The monoisotopic (exact) mass is 640 g/mol. The van der Waals surface area contributed by atoms with Gasteiger partial charge in [-0.15, -0.1) is 0 Å². The molecule has 0 amide bonds. The molecule has 0 bridgehead atoms. The highest BCUT2D eigenvalue weighted by atomic mass is 16.6. The van der Waals surface area contributed by atoms with E-state index < -0.39 is 11.9 Å². The fraction of sp³-hybridized carbons (Fsp3) is 0.789. The molecular weight excluding hydrogens is 580 g/mol. The topological polar surface area (TPSA) is 106 Å². The third kappa shape index (κ3) is 5.73. The van der Waals surface area contributed by atoms with Gasteiger partial charge < -0.3 is 19.7 Å². The summed E-state index contributed by atoms with van der Waals surface area (Å²) in [5.74, 6) is -2.13. The first-order valence-electron chi connectivity index (χ1n) is 18.0. The van der Waals surface area contributed by atoms with Crippen molar-refractivity contribution >= 4 is 11.9 Å². The van der Waals surface area contributed by atoms with Crippen LogP contribution < -0.4 is 0 Å². The standard InChI is InChI=1S/C38H60N2O6/c1-11-35(7)17-29(23(5)37(9,13-3)39(35)19-25-21-45-25)27-15-16-28(33(41)42)31(32(27)34(43)44)30-18-36(8,12-2)40(20-26-22-46-26)38(10,14-4)24(30)6/h15-16,23-26,29-30H,11-14,17-22H2,1-10H3,(H,41,42)(H,43,44). The molecule has 258 valence electrons. The average Bonchev–Trinajstić information content (AvgIpc) is 3.97. The van der Waals surface area contributed by atoms with Crippen molar-refractivity contribution in [2.24, 2.45) is 11.8 Å². The Morgan fingerprint density at radius 2 is 1.17 bits per heavy atom. The predicted molar refractivity (Wildman–Crippen MR) is 181 cm³/mol. The Balaban J connectivity index is 1.69. The van der Waals surface area contributed by atoms with E-state index in [0.29, 0.717) is 12.0 Å². The molecular formula is C38H60N2O6. The highest BCUT2D eigenvalue weighted by Gasteiger charge is 2.57. The lowest BCUT2D eigenvalue weighted by molar-refractivity contribution is -0.0967. The van der Waals surface area contributed by atoms with Crippen molar-refractivity contribution < 1.29 is 29.3 Å². The smallest absolute Gasteiger partial charge is 0.336 e. The Labute approximate surface area is 277 Å². The number of likely N-dealkylation sites (tertiary alicyclic amines) is 2. The van der Waals surface area contributed by atoms with Crippen molar-refractivity contribution in [2.75, 3.05) is 26.3 Å². The maximum atomic E-state index is 13.6. The molecule has 2 N–H and O–H groups in total. The number of ether oxygens (including phenoxy) is 2. The van der Waals surface area contributed by atoms with E-state index in [-0.39, 0.29) is 69.2 Å². The Hall–Kier alpha value is -2.00. The van der Waals surface area contributed by atoms with Crippen LogP contribution in [-0.2, 0) is 9.47 Å². The Morgan fingerprint density at radius 3 is 1.54 bits per heavy atom. The number of carboxylic acid groups (broad SMARTS) is 2. The molecule has 1 aromatic carbocycles. The van der Waals surface area contributed by atoms with E-state index in [1.165, 1.54) is 0 Å². The lowest BCUT2D eigenvalue weighted by atomic mass is 9.59. The molecule has 0 saturated carbocycles. The van der Waals surface area contributed by atoms with E-state index in [1.807, 2.05) is 6.07 Å². The minimum absolute atomic E-state index is 0.0296. The zero-order valence-electron chi connectivity index (χ0n) is 30.1. The average molecular weight is 641 g/mol. The quantitative estimate of drug-likeness (QED) is 0.228. The highest BCUT2D eigenvalue weighted by molar-refractivity contribution is 5.98. The van der Waals surface area contributed by atoms with Crippen molar-refractivity contribution in [2.45, 2.75) is 154 Å². The molecule has 46 heavy (non-hydrogen) atoms. The number of carbonyl (C=O) groups is 2. The summed E-state index contributed by atoms with van der Waals surface area (Å²) >= 11 is 0. The Kier molecular flexibility index (Phi) is 9.57. The predicted octanol–water partition coefficient (Wildman–Crippen LogP) is 7.41. The van der Waals surface area contributed by atoms with Gasteiger partial charge in [0.05, 0.1) is 36.5 Å². The number of rotatable bonds is 12. The number of epoxide rings is 2. The van der Waals surface area contributed by atoms with Gasteiger partial charge in [0.15, 0.2) is 0 Å². The molecule has 0 radical (unpaired) electrons. The minimum atomic E-state index is -1.05. The van der Waals surface area contributed by atoms with E-state index in [0.717, 1.165) is 64.0 Å². The SMILES string of the molecule is CCC1(C)CC(c2ccc(C(=O)O)c(C3CC(C)(CC)N(CC4CO4)C(C)(CC)C3C)c2C(=O)O)C(C)C(C)(CC)N1CC1CO1. The maximum Gasteiger partial charge on any atom is 0.336 e. The van der Waals surface area contributed by atoms with Gasteiger partial charge in [-0.2, -0.15) is 0 Å². The van der Waals surface area contributed by atoms with Gasteiger partial charge in [-0.05, 0) is 107 Å². The van der Waals surface area contributed by atoms with Crippen molar-refractivity contribution in [3.63, 3.8) is 0 Å². The van der Waals surface area contributed by atoms with Crippen molar-refractivity contribution in [1.82, 2.24) is 9.80 Å². The zero-order chi connectivity index (χ0) is 34.0. The molecule has 4 saturated heterocycles. The Bertz CT molecular complexity index is 1330. The van der Waals surface area contributed by atoms with Gasteiger partial charge in [0.25, 0.3) is 0 Å². The number of hydrogen-bond donors (Lipinski definition) is 2. The summed E-state index contributed by atoms with van der Waals surface area (Å²) in [6.07, 6.45) is 5.63. The summed E-state index contributed by atoms with van der Waals surface area (Å²) in [5.41, 5.74) is 0.893. The molecule has 0 aliphatic carbocycles. The summed E-state index contributed by atoms with van der Waals surface area (Å²) in [7, 11) is 0. The van der Waals surface area contributed by atoms with E-state index in [1.54, 1.807) is 6.07 Å². The lowest BCUT2D eigenvalue weighted by Gasteiger charge is -2.62. The van der Waals surface area contributed by atoms with E-state index in [2.05, 4.69) is 79.0 Å². The van der Waals surface area contributed by atoms with E-state index in [9.17, 15) is 19.8 Å². The molecule has 0 spiro atoms. The number of benzene rings is 1. The van der Waals surface area contributed by atoms with Crippen molar-refractivity contribution in [3.05, 3.63) is 34.4 Å². The van der Waals surface area contributed by atoms with Gasteiger partial charge >= 0.3 is 11.9 Å². The number of carboxylic acids is 2. The van der Waals surface area contributed by atoms with Crippen LogP contribution in [0.2, 0.25) is 0 Å². The number of aromatic carboxylic acids is 2. The molecule has 0 aromatic heterocycles. The summed E-state index contributed by atoms with van der Waals surface area (Å²) < 4.78 is 11.4. The minimum Gasteiger partial charge on any atom is -0.478 e. The molecule has 8 nitrogen and oxygen atoms in total. The number of nitrogens with zero attached hydrogens (tertiary/aromatic N) is 2. The van der Waals surface area contributed by atoms with Crippen molar-refractivity contribution in [3.8, 4) is 0 Å². The van der Waals surface area contributed by atoms with Crippen LogP contribution in [0, 0.1) is 11.8 Å². The molecule has 10 atom stereocenters. The van der Waals surface area contributed by atoms with Crippen LogP contribution in [0.25, 0.3) is 0 Å². The van der Waals surface area contributed by atoms with Crippen LogP contribution in [0.15, 0.2) is 12.1 Å². The maximum absolute atomic E-state index is 13.6.